The molecule has 1 aliphatic rings. The van der Waals surface area contributed by atoms with E-state index in [1.807, 2.05) is 0 Å². The van der Waals surface area contributed by atoms with Gasteiger partial charge in [0.15, 0.2) is 0 Å². The number of nitrogens with one attached hydrogen (secondary N) is 1. The van der Waals surface area contributed by atoms with Crippen molar-refractivity contribution in [2.45, 2.75) is 17.7 Å². The Morgan fingerprint density at radius 3 is 2.65 bits per heavy atom. The van der Waals surface area contributed by atoms with E-state index in [4.69, 9.17) is 0 Å². The molecule has 1 aromatic carbocycles. The average Bonchev–Trinajstić information content (AvgIpc) is 3.18. The zero-order valence-electron chi connectivity index (χ0n) is 13.8. The van der Waals surface area contributed by atoms with Gasteiger partial charge in [-0.1, -0.05) is 6.07 Å². The second-order valence-electron chi connectivity index (χ2n) is 5.67. The molecule has 136 valence electrons. The first-order chi connectivity index (χ1) is 12.5. The van der Waals surface area contributed by atoms with E-state index < -0.39 is 14.9 Å². The first kappa shape index (κ1) is 18.0. The Kier molecular flexibility index (Phi) is 5.24. The summed E-state index contributed by atoms with van der Waals surface area (Å²) in [6.45, 7) is 0.870. The van der Waals surface area contributed by atoms with Gasteiger partial charge >= 0.3 is 0 Å². The quantitative estimate of drug-likeness (QED) is 0.470. The number of sulfonamides is 1. The fraction of sp³-hybridized carbons (Fsp3) is 0.250. The highest BCUT2D eigenvalue weighted by molar-refractivity contribution is 7.89. The Morgan fingerprint density at radius 2 is 2.00 bits per heavy atom. The van der Waals surface area contributed by atoms with Gasteiger partial charge in [0.05, 0.1) is 21.7 Å². The van der Waals surface area contributed by atoms with Gasteiger partial charge in [-0.05, 0) is 37.1 Å². The van der Waals surface area contributed by atoms with Crippen LogP contribution in [-0.2, 0) is 10.0 Å². The van der Waals surface area contributed by atoms with Gasteiger partial charge in [0.25, 0.3) is 5.69 Å². The van der Waals surface area contributed by atoms with Gasteiger partial charge in [0.1, 0.15) is 5.69 Å². The highest BCUT2D eigenvalue weighted by Crippen LogP contribution is 2.30. The number of hydrazone groups is 1. The first-order valence-corrected chi connectivity index (χ1v) is 9.41. The van der Waals surface area contributed by atoms with Gasteiger partial charge < -0.3 is 0 Å². The van der Waals surface area contributed by atoms with Gasteiger partial charge in [0.2, 0.25) is 10.0 Å². The Labute approximate surface area is 150 Å². The molecule has 0 bridgehead atoms. The molecule has 3 rings (SSSR count). The van der Waals surface area contributed by atoms with Crippen molar-refractivity contribution in [3.63, 3.8) is 0 Å². The van der Waals surface area contributed by atoms with Crippen LogP contribution in [0.1, 0.15) is 18.5 Å². The van der Waals surface area contributed by atoms with E-state index in [1.165, 1.54) is 22.7 Å². The molecule has 1 saturated heterocycles. The second kappa shape index (κ2) is 7.58. The van der Waals surface area contributed by atoms with Crippen LogP contribution in [0.5, 0.6) is 0 Å². The van der Waals surface area contributed by atoms with E-state index >= 15 is 0 Å². The summed E-state index contributed by atoms with van der Waals surface area (Å²) in [4.78, 5) is 14.7. The number of aromatic nitrogens is 1. The fourth-order valence-electron chi connectivity index (χ4n) is 2.62. The molecule has 0 saturated carbocycles. The monoisotopic (exact) mass is 375 g/mol. The van der Waals surface area contributed by atoms with E-state index in [0.29, 0.717) is 18.8 Å². The van der Waals surface area contributed by atoms with Gasteiger partial charge in [-0.15, -0.1) is 0 Å². The number of pyridine rings is 1. The lowest BCUT2D eigenvalue weighted by atomic mass is 10.3. The third kappa shape index (κ3) is 3.86. The number of nitrogens with zero attached hydrogens (tertiary/aromatic N) is 4. The SMILES string of the molecule is O=[N+]([O-])c1cc(S(=O)(=O)N2CCCC2)ccc1NN=Cc1ccccn1. The summed E-state index contributed by atoms with van der Waals surface area (Å²) in [7, 11) is -3.72. The highest BCUT2D eigenvalue weighted by atomic mass is 32.2. The minimum atomic E-state index is -3.72. The van der Waals surface area contributed by atoms with E-state index in [1.54, 1.807) is 24.4 Å². The average molecular weight is 375 g/mol. The van der Waals surface area contributed by atoms with Crippen molar-refractivity contribution in [3.05, 3.63) is 58.4 Å². The number of rotatable bonds is 6. The molecular formula is C16H17N5O4S. The van der Waals surface area contributed by atoms with Crippen LogP contribution in [0.15, 0.2) is 52.6 Å². The molecule has 2 aromatic rings. The van der Waals surface area contributed by atoms with Crippen molar-refractivity contribution in [2.75, 3.05) is 18.5 Å². The second-order valence-corrected chi connectivity index (χ2v) is 7.61. The third-order valence-electron chi connectivity index (χ3n) is 3.94. The van der Waals surface area contributed by atoms with E-state index in [2.05, 4.69) is 15.5 Å². The number of anilines is 1. The molecule has 0 atom stereocenters. The molecule has 1 aromatic heterocycles. The van der Waals surface area contributed by atoms with Crippen LogP contribution in [0.25, 0.3) is 0 Å². The minimum absolute atomic E-state index is 0.0923. The normalized spacial score (nSPS) is 15.4. The van der Waals surface area contributed by atoms with Gasteiger partial charge in [-0.3, -0.25) is 20.5 Å². The number of benzene rings is 1. The number of nitro benzene ring substituents is 1. The van der Waals surface area contributed by atoms with Crippen LogP contribution in [0.2, 0.25) is 0 Å². The standard InChI is InChI=1S/C16H17N5O4S/c22-21(23)16-11-14(26(24,25)20-9-3-4-10-20)6-7-15(16)19-18-12-13-5-1-2-8-17-13/h1-2,5-8,11-12,19H,3-4,9-10H2. The summed E-state index contributed by atoms with van der Waals surface area (Å²) < 4.78 is 26.5. The summed E-state index contributed by atoms with van der Waals surface area (Å²) in [6.07, 6.45) is 4.60. The summed E-state index contributed by atoms with van der Waals surface area (Å²) in [5, 5.41) is 15.3. The maximum Gasteiger partial charge on any atom is 0.295 e. The maximum absolute atomic E-state index is 12.6. The van der Waals surface area contributed by atoms with Crippen LogP contribution in [0.4, 0.5) is 11.4 Å². The molecular weight excluding hydrogens is 358 g/mol. The van der Waals surface area contributed by atoms with Crippen molar-refractivity contribution in [2.24, 2.45) is 5.10 Å². The third-order valence-corrected chi connectivity index (χ3v) is 5.83. The van der Waals surface area contributed by atoms with Crippen LogP contribution >= 0.6 is 0 Å². The zero-order valence-corrected chi connectivity index (χ0v) is 14.6. The van der Waals surface area contributed by atoms with Crippen LogP contribution in [0.3, 0.4) is 0 Å². The molecule has 1 fully saturated rings. The molecule has 1 aliphatic heterocycles. The predicted molar refractivity (Wildman–Crippen MR) is 96.5 cm³/mol. The summed E-state index contributed by atoms with van der Waals surface area (Å²) in [6, 6.07) is 9.03. The molecule has 9 nitrogen and oxygen atoms in total. The van der Waals surface area contributed by atoms with E-state index in [-0.39, 0.29) is 16.3 Å². The molecule has 0 spiro atoms. The smallest absolute Gasteiger partial charge is 0.272 e. The molecule has 0 radical (unpaired) electrons. The summed E-state index contributed by atoms with van der Waals surface area (Å²) in [5.74, 6) is 0. The largest absolute Gasteiger partial charge is 0.295 e. The van der Waals surface area contributed by atoms with Gasteiger partial charge in [-0.2, -0.15) is 9.41 Å². The fourth-order valence-corrected chi connectivity index (χ4v) is 4.15. The van der Waals surface area contributed by atoms with Gasteiger partial charge in [0, 0.05) is 25.4 Å². The summed E-state index contributed by atoms with van der Waals surface area (Å²) >= 11 is 0. The first-order valence-electron chi connectivity index (χ1n) is 7.97. The number of hydrogen-bond acceptors (Lipinski definition) is 7. The molecule has 1 N–H and O–H groups in total. The highest BCUT2D eigenvalue weighted by Gasteiger charge is 2.29. The Bertz CT molecular complexity index is 925. The van der Waals surface area contributed by atoms with Crippen molar-refractivity contribution < 1.29 is 13.3 Å². The van der Waals surface area contributed by atoms with Crippen LogP contribution < -0.4 is 5.43 Å². The van der Waals surface area contributed by atoms with E-state index in [0.717, 1.165) is 18.9 Å². The molecule has 10 heteroatoms. The lowest BCUT2D eigenvalue weighted by Crippen LogP contribution is -2.27. The Balaban J connectivity index is 1.85. The molecule has 0 unspecified atom stereocenters. The Hall–Kier alpha value is -2.85. The summed E-state index contributed by atoms with van der Waals surface area (Å²) in [5.41, 5.74) is 2.89. The number of nitro groups is 1. The predicted octanol–water partition coefficient (Wildman–Crippen LogP) is 2.22. The molecule has 0 aliphatic carbocycles. The maximum atomic E-state index is 12.6. The lowest BCUT2D eigenvalue weighted by molar-refractivity contribution is -0.384. The van der Waals surface area contributed by atoms with Crippen molar-refractivity contribution in [3.8, 4) is 0 Å². The number of hydrogen-bond donors (Lipinski definition) is 1. The van der Waals surface area contributed by atoms with Gasteiger partial charge in [-0.25, -0.2) is 8.42 Å². The van der Waals surface area contributed by atoms with Crippen molar-refractivity contribution in [1.29, 1.82) is 0 Å². The molecule has 26 heavy (non-hydrogen) atoms. The van der Waals surface area contributed by atoms with Crippen molar-refractivity contribution in [1.82, 2.24) is 9.29 Å². The molecule has 0 amide bonds. The minimum Gasteiger partial charge on any atom is -0.272 e. The van der Waals surface area contributed by atoms with Crippen molar-refractivity contribution >= 4 is 27.6 Å². The molecule has 2 heterocycles. The van der Waals surface area contributed by atoms with Crippen LogP contribution in [0, 0.1) is 10.1 Å². The van der Waals surface area contributed by atoms with E-state index in [9.17, 15) is 18.5 Å². The zero-order chi connectivity index (χ0) is 18.6. The lowest BCUT2D eigenvalue weighted by Gasteiger charge is -2.15. The topological polar surface area (TPSA) is 118 Å². The van der Waals surface area contributed by atoms with Crippen LogP contribution in [-0.4, -0.2) is 41.9 Å². The Morgan fingerprint density at radius 1 is 1.23 bits per heavy atom.